The zero-order valence-electron chi connectivity index (χ0n) is 18.6. The largest absolute Gasteiger partial charge is 0.493 e. The number of amides is 2. The molecule has 0 aliphatic carbocycles. The summed E-state index contributed by atoms with van der Waals surface area (Å²) in [5.41, 5.74) is 1.25. The first-order valence-electron chi connectivity index (χ1n) is 10.9. The van der Waals surface area contributed by atoms with Crippen LogP contribution in [0.2, 0.25) is 0 Å². The molecular formula is C25H31N3O3. The summed E-state index contributed by atoms with van der Waals surface area (Å²) in [5.74, 6) is 0.778. The number of hydrogen-bond donors (Lipinski definition) is 0. The van der Waals surface area contributed by atoms with Crippen molar-refractivity contribution in [1.29, 1.82) is 0 Å². The number of carbonyl (C=O) groups excluding carboxylic acids is 2. The van der Waals surface area contributed by atoms with Gasteiger partial charge in [-0.1, -0.05) is 42.5 Å². The van der Waals surface area contributed by atoms with Gasteiger partial charge in [0.05, 0.1) is 17.6 Å². The summed E-state index contributed by atoms with van der Waals surface area (Å²) < 4.78 is 5.68. The molecule has 0 saturated carbocycles. The van der Waals surface area contributed by atoms with Crippen LogP contribution in [0.4, 0.5) is 0 Å². The monoisotopic (exact) mass is 421 g/mol. The average Bonchev–Trinajstić information content (AvgIpc) is 3.28. The van der Waals surface area contributed by atoms with E-state index in [1.807, 2.05) is 68.4 Å². The van der Waals surface area contributed by atoms with E-state index in [9.17, 15) is 9.59 Å². The number of para-hydroxylation sites is 1. The molecular weight excluding hydrogens is 390 g/mol. The zero-order chi connectivity index (χ0) is 22.0. The van der Waals surface area contributed by atoms with Crippen molar-refractivity contribution in [2.24, 2.45) is 11.3 Å². The number of likely N-dealkylation sites (tertiary alicyclic amines) is 2. The molecule has 6 nitrogen and oxygen atoms in total. The molecule has 4 rings (SSSR count). The molecule has 0 radical (unpaired) electrons. The van der Waals surface area contributed by atoms with Gasteiger partial charge in [0.2, 0.25) is 5.91 Å². The highest BCUT2D eigenvalue weighted by Crippen LogP contribution is 2.44. The van der Waals surface area contributed by atoms with E-state index < -0.39 is 5.41 Å². The third kappa shape index (κ3) is 4.04. The van der Waals surface area contributed by atoms with Gasteiger partial charge < -0.3 is 14.5 Å². The summed E-state index contributed by atoms with van der Waals surface area (Å²) in [6.07, 6.45) is 0. The van der Waals surface area contributed by atoms with Crippen LogP contribution in [0, 0.1) is 11.3 Å². The third-order valence-corrected chi connectivity index (χ3v) is 6.47. The van der Waals surface area contributed by atoms with E-state index in [2.05, 4.69) is 17.0 Å². The van der Waals surface area contributed by atoms with Crippen LogP contribution in [0.5, 0.6) is 5.75 Å². The van der Waals surface area contributed by atoms with Gasteiger partial charge in [-0.15, -0.1) is 0 Å². The fourth-order valence-electron chi connectivity index (χ4n) is 5.13. The van der Waals surface area contributed by atoms with Crippen molar-refractivity contribution in [3.05, 3.63) is 65.7 Å². The molecule has 31 heavy (non-hydrogen) atoms. The second kappa shape index (κ2) is 8.71. The maximum atomic E-state index is 13.4. The molecule has 2 atom stereocenters. The molecule has 0 aromatic heterocycles. The van der Waals surface area contributed by atoms with Crippen LogP contribution in [0.15, 0.2) is 54.6 Å². The fraction of sp³-hybridized carbons (Fsp3) is 0.440. The van der Waals surface area contributed by atoms with Crippen molar-refractivity contribution in [2.45, 2.75) is 13.5 Å². The molecule has 2 aliphatic heterocycles. The summed E-state index contributed by atoms with van der Waals surface area (Å²) in [5, 5.41) is 0. The Labute approximate surface area is 184 Å². The lowest BCUT2D eigenvalue weighted by Gasteiger charge is -2.31. The molecule has 2 unspecified atom stereocenters. The van der Waals surface area contributed by atoms with Crippen molar-refractivity contribution in [1.82, 2.24) is 14.7 Å². The minimum atomic E-state index is -0.561. The van der Waals surface area contributed by atoms with E-state index in [4.69, 9.17) is 4.74 Å². The van der Waals surface area contributed by atoms with Crippen LogP contribution in [0.25, 0.3) is 0 Å². The predicted molar refractivity (Wildman–Crippen MR) is 120 cm³/mol. The van der Waals surface area contributed by atoms with Gasteiger partial charge in [-0.25, -0.2) is 0 Å². The lowest BCUT2D eigenvalue weighted by atomic mass is 9.80. The number of carbonyl (C=O) groups is 2. The average molecular weight is 422 g/mol. The third-order valence-electron chi connectivity index (χ3n) is 6.47. The summed E-state index contributed by atoms with van der Waals surface area (Å²) >= 11 is 0. The van der Waals surface area contributed by atoms with Gasteiger partial charge in [-0.3, -0.25) is 14.5 Å². The Hall–Kier alpha value is -2.86. The van der Waals surface area contributed by atoms with E-state index in [-0.39, 0.29) is 17.7 Å². The highest BCUT2D eigenvalue weighted by Gasteiger charge is 2.58. The van der Waals surface area contributed by atoms with E-state index in [0.717, 1.165) is 13.1 Å². The van der Waals surface area contributed by atoms with Crippen molar-refractivity contribution in [3.8, 4) is 5.75 Å². The number of hydrogen-bond acceptors (Lipinski definition) is 4. The van der Waals surface area contributed by atoms with Crippen LogP contribution in [0.1, 0.15) is 22.8 Å². The molecule has 2 aliphatic rings. The minimum Gasteiger partial charge on any atom is -0.493 e. The Morgan fingerprint density at radius 2 is 1.74 bits per heavy atom. The van der Waals surface area contributed by atoms with Gasteiger partial charge in [0.15, 0.2) is 0 Å². The Morgan fingerprint density at radius 1 is 1.03 bits per heavy atom. The van der Waals surface area contributed by atoms with Crippen molar-refractivity contribution in [2.75, 3.05) is 46.9 Å². The van der Waals surface area contributed by atoms with Crippen LogP contribution in [-0.4, -0.2) is 73.4 Å². The number of fused-ring (bicyclic) bond motifs is 1. The number of ether oxygens (including phenoxy) is 1. The van der Waals surface area contributed by atoms with Crippen LogP contribution < -0.4 is 4.74 Å². The summed E-state index contributed by atoms with van der Waals surface area (Å²) in [6.45, 7) is 5.74. The summed E-state index contributed by atoms with van der Waals surface area (Å²) in [6, 6.07) is 17.7. The lowest BCUT2D eigenvalue weighted by Crippen LogP contribution is -2.47. The van der Waals surface area contributed by atoms with Gasteiger partial charge in [0.1, 0.15) is 5.75 Å². The molecule has 6 heteroatoms. The molecule has 2 fully saturated rings. The van der Waals surface area contributed by atoms with E-state index in [1.54, 1.807) is 4.90 Å². The first kappa shape index (κ1) is 21.4. The van der Waals surface area contributed by atoms with Crippen LogP contribution in [0.3, 0.4) is 0 Å². The van der Waals surface area contributed by atoms with E-state index in [1.165, 1.54) is 5.56 Å². The van der Waals surface area contributed by atoms with Gasteiger partial charge in [0, 0.05) is 52.7 Å². The second-order valence-corrected chi connectivity index (χ2v) is 8.82. The van der Waals surface area contributed by atoms with E-state index in [0.29, 0.717) is 37.6 Å². The lowest BCUT2D eigenvalue weighted by molar-refractivity contribution is -0.139. The topological polar surface area (TPSA) is 53.1 Å². The van der Waals surface area contributed by atoms with Crippen molar-refractivity contribution in [3.63, 3.8) is 0 Å². The number of benzene rings is 2. The Balaban J connectivity index is 1.56. The Morgan fingerprint density at radius 3 is 2.45 bits per heavy atom. The zero-order valence-corrected chi connectivity index (χ0v) is 18.6. The van der Waals surface area contributed by atoms with Crippen LogP contribution in [-0.2, 0) is 11.3 Å². The summed E-state index contributed by atoms with van der Waals surface area (Å²) in [4.78, 5) is 32.6. The molecule has 0 spiro atoms. The second-order valence-electron chi connectivity index (χ2n) is 8.82. The SMILES string of the molecule is CCOc1ccccc1C(=O)N1CC2CN(Cc3ccccc3)CC2(C(=O)N(C)C)C1. The smallest absolute Gasteiger partial charge is 0.257 e. The minimum absolute atomic E-state index is 0.0565. The van der Waals surface area contributed by atoms with Crippen molar-refractivity contribution < 1.29 is 14.3 Å². The van der Waals surface area contributed by atoms with Gasteiger partial charge in [-0.05, 0) is 24.6 Å². The molecule has 0 bridgehead atoms. The first-order valence-corrected chi connectivity index (χ1v) is 10.9. The molecule has 2 amide bonds. The summed E-state index contributed by atoms with van der Waals surface area (Å²) in [7, 11) is 3.62. The molecule has 2 aromatic rings. The standard InChI is InChI=1S/C25H31N3O3/c1-4-31-22-13-9-8-12-21(22)23(29)28-16-20-15-27(14-19-10-6-5-7-11-19)17-25(20,18-28)24(30)26(2)3/h5-13,20H,4,14-18H2,1-3H3. The van der Waals surface area contributed by atoms with Gasteiger partial charge in [0.25, 0.3) is 5.91 Å². The number of rotatable bonds is 6. The maximum absolute atomic E-state index is 13.4. The molecule has 0 N–H and O–H groups in total. The quantitative estimate of drug-likeness (QED) is 0.720. The molecule has 2 heterocycles. The van der Waals surface area contributed by atoms with Gasteiger partial charge >= 0.3 is 0 Å². The van der Waals surface area contributed by atoms with Crippen LogP contribution >= 0.6 is 0 Å². The molecule has 2 saturated heterocycles. The predicted octanol–water partition coefficient (Wildman–Crippen LogP) is 2.75. The Bertz CT molecular complexity index is 946. The molecule has 2 aromatic carbocycles. The highest BCUT2D eigenvalue weighted by molar-refractivity contribution is 5.98. The maximum Gasteiger partial charge on any atom is 0.257 e. The van der Waals surface area contributed by atoms with Gasteiger partial charge in [-0.2, -0.15) is 0 Å². The van der Waals surface area contributed by atoms with Crippen molar-refractivity contribution >= 4 is 11.8 Å². The highest BCUT2D eigenvalue weighted by atomic mass is 16.5. The molecule has 164 valence electrons. The van der Waals surface area contributed by atoms with E-state index >= 15 is 0 Å². The number of nitrogens with zero attached hydrogens (tertiary/aromatic N) is 3. The Kier molecular flexibility index (Phi) is 6.01. The normalized spacial score (nSPS) is 22.9. The fourth-order valence-corrected chi connectivity index (χ4v) is 5.13. The first-order chi connectivity index (χ1) is 14.9.